The lowest BCUT2D eigenvalue weighted by Gasteiger charge is -2.20. The number of fused-ring (bicyclic) bond motifs is 4. The van der Waals surface area contributed by atoms with Gasteiger partial charge in [-0.05, 0) is 58.7 Å². The molecule has 0 saturated heterocycles. The molecule has 0 aliphatic heterocycles. The minimum atomic E-state index is 0.201. The lowest BCUT2D eigenvalue weighted by atomic mass is 9.85. The van der Waals surface area contributed by atoms with Crippen molar-refractivity contribution in [1.29, 1.82) is 0 Å². The minimum absolute atomic E-state index is 0.201. The highest BCUT2D eigenvalue weighted by Crippen LogP contribution is 2.44. The Kier molecular flexibility index (Phi) is 3.35. The van der Waals surface area contributed by atoms with E-state index < -0.39 is 0 Å². The standard InChI is InChI=1S/C27H25N3/c1-15-22-19-10-16-8-6-7-9-17(16)11-20(19)25-23-21(28-14-29-25)12-18(13-27(2,3)4)26(24(22)23)30(15)5/h6-12,14H,13H2,1-5H3. The normalized spacial score (nSPS) is 13.0. The topological polar surface area (TPSA) is 30.7 Å². The molecule has 6 rings (SSSR count). The molecule has 6 aromatic rings. The zero-order valence-electron chi connectivity index (χ0n) is 18.2. The quantitative estimate of drug-likeness (QED) is 0.225. The van der Waals surface area contributed by atoms with Crippen LogP contribution < -0.4 is 0 Å². The van der Waals surface area contributed by atoms with Gasteiger partial charge in [0.15, 0.2) is 0 Å². The Labute approximate surface area is 175 Å². The van der Waals surface area contributed by atoms with Gasteiger partial charge in [-0.25, -0.2) is 9.97 Å². The average molecular weight is 392 g/mol. The molecule has 0 fully saturated rings. The van der Waals surface area contributed by atoms with E-state index in [0.29, 0.717) is 0 Å². The fraction of sp³-hybridized carbons (Fsp3) is 0.259. The van der Waals surface area contributed by atoms with Gasteiger partial charge in [0.25, 0.3) is 0 Å². The van der Waals surface area contributed by atoms with Crippen molar-refractivity contribution >= 4 is 54.3 Å². The van der Waals surface area contributed by atoms with Crippen molar-refractivity contribution in [2.75, 3.05) is 0 Å². The molecule has 3 heteroatoms. The lowest BCUT2D eigenvalue weighted by molar-refractivity contribution is 0.412. The van der Waals surface area contributed by atoms with Crippen LogP contribution in [0, 0.1) is 12.3 Å². The molecule has 0 spiro atoms. The summed E-state index contributed by atoms with van der Waals surface area (Å²) in [5.41, 5.74) is 6.32. The molecular formula is C27H25N3. The Bertz CT molecular complexity index is 1610. The maximum atomic E-state index is 4.79. The van der Waals surface area contributed by atoms with E-state index >= 15 is 0 Å². The Balaban J connectivity index is 1.93. The van der Waals surface area contributed by atoms with E-state index in [1.54, 1.807) is 6.33 Å². The van der Waals surface area contributed by atoms with Gasteiger partial charge in [0.05, 0.1) is 16.6 Å². The number of hydrogen-bond donors (Lipinski definition) is 0. The van der Waals surface area contributed by atoms with Gasteiger partial charge < -0.3 is 4.57 Å². The second kappa shape index (κ2) is 5.69. The molecule has 0 aliphatic carbocycles. The van der Waals surface area contributed by atoms with Gasteiger partial charge in [-0.3, -0.25) is 0 Å². The smallest absolute Gasteiger partial charge is 0.116 e. The van der Waals surface area contributed by atoms with Crippen molar-refractivity contribution in [3.8, 4) is 0 Å². The second-order valence-electron chi connectivity index (χ2n) is 9.88. The van der Waals surface area contributed by atoms with Crippen LogP contribution in [0.1, 0.15) is 32.0 Å². The highest BCUT2D eigenvalue weighted by atomic mass is 15.0. The van der Waals surface area contributed by atoms with Crippen LogP contribution in [0.15, 0.2) is 48.8 Å². The van der Waals surface area contributed by atoms with Gasteiger partial charge in [0.1, 0.15) is 6.33 Å². The Hall–Kier alpha value is -3.20. The minimum Gasteiger partial charge on any atom is -0.347 e. The fourth-order valence-electron chi connectivity index (χ4n) is 5.29. The van der Waals surface area contributed by atoms with Crippen LogP contribution in [0.4, 0.5) is 0 Å². The molecule has 30 heavy (non-hydrogen) atoms. The number of benzene rings is 4. The van der Waals surface area contributed by atoms with Crippen molar-refractivity contribution in [3.63, 3.8) is 0 Å². The number of hydrogen-bond acceptors (Lipinski definition) is 2. The van der Waals surface area contributed by atoms with Crippen LogP contribution in [0.25, 0.3) is 54.3 Å². The first-order chi connectivity index (χ1) is 14.3. The third kappa shape index (κ3) is 2.26. The lowest BCUT2D eigenvalue weighted by Crippen LogP contribution is -2.10. The molecule has 0 bridgehead atoms. The van der Waals surface area contributed by atoms with Crippen molar-refractivity contribution in [1.82, 2.24) is 14.5 Å². The Morgan fingerprint density at radius 2 is 1.57 bits per heavy atom. The van der Waals surface area contributed by atoms with Gasteiger partial charge in [0, 0.05) is 34.3 Å². The maximum absolute atomic E-state index is 4.79. The third-order valence-electron chi connectivity index (χ3n) is 6.56. The Morgan fingerprint density at radius 3 is 2.27 bits per heavy atom. The van der Waals surface area contributed by atoms with Gasteiger partial charge in [0.2, 0.25) is 0 Å². The van der Waals surface area contributed by atoms with Crippen molar-refractivity contribution in [3.05, 3.63) is 60.0 Å². The first-order valence-corrected chi connectivity index (χ1v) is 10.6. The molecule has 2 heterocycles. The molecule has 2 aromatic heterocycles. The molecule has 0 N–H and O–H groups in total. The monoisotopic (exact) mass is 391 g/mol. The summed E-state index contributed by atoms with van der Waals surface area (Å²) in [5, 5.41) is 8.89. The van der Waals surface area contributed by atoms with Crippen LogP contribution >= 0.6 is 0 Å². The predicted octanol–water partition coefficient (Wildman–Crippen LogP) is 6.92. The van der Waals surface area contributed by atoms with E-state index in [-0.39, 0.29) is 5.41 Å². The van der Waals surface area contributed by atoms with Gasteiger partial charge in [-0.1, -0.05) is 45.0 Å². The maximum Gasteiger partial charge on any atom is 0.116 e. The summed E-state index contributed by atoms with van der Waals surface area (Å²) in [7, 11) is 2.20. The van der Waals surface area contributed by atoms with Crippen LogP contribution in [-0.2, 0) is 13.5 Å². The molecule has 0 amide bonds. The summed E-state index contributed by atoms with van der Waals surface area (Å²) in [6.45, 7) is 9.16. The molecule has 4 aromatic carbocycles. The molecule has 0 radical (unpaired) electrons. The fourth-order valence-corrected chi connectivity index (χ4v) is 5.29. The number of nitrogens with zero attached hydrogens (tertiary/aromatic N) is 3. The SMILES string of the molecule is Cc1c2c3cc4ccccc4cc3c3ncnc4cc(CC(C)(C)C)c(c2c43)n1C. The van der Waals surface area contributed by atoms with Gasteiger partial charge >= 0.3 is 0 Å². The molecular weight excluding hydrogens is 366 g/mol. The highest BCUT2D eigenvalue weighted by molar-refractivity contribution is 6.34. The van der Waals surface area contributed by atoms with Crippen LogP contribution in [0.5, 0.6) is 0 Å². The zero-order valence-corrected chi connectivity index (χ0v) is 18.2. The Morgan fingerprint density at radius 1 is 0.867 bits per heavy atom. The number of aromatic nitrogens is 3. The molecule has 0 aliphatic rings. The first kappa shape index (κ1) is 17.6. The molecule has 148 valence electrons. The van der Waals surface area contributed by atoms with E-state index in [4.69, 9.17) is 9.97 Å². The molecule has 0 atom stereocenters. The predicted molar refractivity (Wildman–Crippen MR) is 128 cm³/mol. The average Bonchev–Trinajstić information content (AvgIpc) is 2.97. The largest absolute Gasteiger partial charge is 0.347 e. The summed E-state index contributed by atoms with van der Waals surface area (Å²) in [4.78, 5) is 9.50. The molecule has 3 nitrogen and oxygen atoms in total. The van der Waals surface area contributed by atoms with Crippen LogP contribution in [-0.4, -0.2) is 14.5 Å². The van der Waals surface area contributed by atoms with Crippen LogP contribution in [0.2, 0.25) is 0 Å². The summed E-state index contributed by atoms with van der Waals surface area (Å²) >= 11 is 0. The van der Waals surface area contributed by atoms with E-state index in [0.717, 1.165) is 17.5 Å². The van der Waals surface area contributed by atoms with E-state index in [1.807, 2.05) is 0 Å². The van der Waals surface area contributed by atoms with Crippen molar-refractivity contribution in [2.45, 2.75) is 34.1 Å². The zero-order chi connectivity index (χ0) is 20.8. The summed E-state index contributed by atoms with van der Waals surface area (Å²) in [6.07, 6.45) is 2.74. The van der Waals surface area contributed by atoms with Gasteiger partial charge in [-0.2, -0.15) is 0 Å². The van der Waals surface area contributed by atoms with E-state index in [9.17, 15) is 0 Å². The first-order valence-electron chi connectivity index (χ1n) is 10.6. The van der Waals surface area contributed by atoms with Crippen molar-refractivity contribution < 1.29 is 0 Å². The summed E-state index contributed by atoms with van der Waals surface area (Å²) in [5.74, 6) is 0. The highest BCUT2D eigenvalue weighted by Gasteiger charge is 2.24. The van der Waals surface area contributed by atoms with Crippen LogP contribution in [0.3, 0.4) is 0 Å². The summed E-state index contributed by atoms with van der Waals surface area (Å²) in [6, 6.07) is 15.5. The summed E-state index contributed by atoms with van der Waals surface area (Å²) < 4.78 is 2.38. The third-order valence-corrected chi connectivity index (χ3v) is 6.56. The number of rotatable bonds is 1. The van der Waals surface area contributed by atoms with Gasteiger partial charge in [-0.15, -0.1) is 0 Å². The molecule has 0 saturated carbocycles. The number of aryl methyl sites for hydroxylation is 2. The second-order valence-corrected chi connectivity index (χ2v) is 9.88. The van der Waals surface area contributed by atoms with E-state index in [2.05, 4.69) is 81.8 Å². The van der Waals surface area contributed by atoms with Crippen molar-refractivity contribution in [2.24, 2.45) is 12.5 Å². The van der Waals surface area contributed by atoms with E-state index in [1.165, 1.54) is 54.5 Å². The molecule has 0 unspecified atom stereocenters.